The van der Waals surface area contributed by atoms with Crippen LogP contribution in [0.4, 0.5) is 5.82 Å². The van der Waals surface area contributed by atoms with Gasteiger partial charge in [-0.25, -0.2) is 9.97 Å². The average molecular weight is 279 g/mol. The fraction of sp³-hybridized carbons (Fsp3) is 0.571. The van der Waals surface area contributed by atoms with E-state index >= 15 is 0 Å². The van der Waals surface area contributed by atoms with Crippen LogP contribution in [0.5, 0.6) is 0 Å². The molecular formula is C14H21N3OS. The number of aromatic nitrogens is 2. The number of thiophene rings is 1. The quantitative estimate of drug-likeness (QED) is 0.790. The molecule has 0 aliphatic heterocycles. The molecule has 2 aromatic heterocycles. The van der Waals surface area contributed by atoms with Gasteiger partial charge in [0.1, 0.15) is 16.5 Å². The Bertz CT molecular complexity index is 539. The number of nitrogens with zero attached hydrogens (tertiary/aromatic N) is 2. The molecule has 0 unspecified atom stereocenters. The van der Waals surface area contributed by atoms with E-state index in [0.717, 1.165) is 47.9 Å². The molecule has 19 heavy (non-hydrogen) atoms. The summed E-state index contributed by atoms with van der Waals surface area (Å²) in [6.07, 6.45) is 1.81. The summed E-state index contributed by atoms with van der Waals surface area (Å²) in [4.78, 5) is 11.7. The van der Waals surface area contributed by atoms with Gasteiger partial charge in [0.25, 0.3) is 0 Å². The van der Waals surface area contributed by atoms with Crippen LogP contribution in [-0.4, -0.2) is 29.7 Å². The molecule has 0 aliphatic carbocycles. The molecule has 104 valence electrons. The highest BCUT2D eigenvalue weighted by Crippen LogP contribution is 2.29. The largest absolute Gasteiger partial charge is 0.381 e. The van der Waals surface area contributed by atoms with Gasteiger partial charge in [-0.05, 0) is 26.3 Å². The predicted molar refractivity (Wildman–Crippen MR) is 81.2 cm³/mol. The van der Waals surface area contributed by atoms with Crippen LogP contribution in [-0.2, 0) is 17.6 Å². The third-order valence-corrected chi connectivity index (χ3v) is 4.03. The zero-order valence-electron chi connectivity index (χ0n) is 11.8. The molecule has 2 rings (SSSR count). The lowest BCUT2D eigenvalue weighted by Gasteiger charge is -2.07. The summed E-state index contributed by atoms with van der Waals surface area (Å²) < 4.78 is 5.38. The highest BCUT2D eigenvalue weighted by atomic mass is 32.1. The summed E-state index contributed by atoms with van der Waals surface area (Å²) in [7, 11) is 0. The van der Waals surface area contributed by atoms with Crippen LogP contribution in [0.25, 0.3) is 10.2 Å². The minimum atomic E-state index is 0.680. The normalized spacial score (nSPS) is 11.1. The van der Waals surface area contributed by atoms with Gasteiger partial charge < -0.3 is 10.1 Å². The van der Waals surface area contributed by atoms with Gasteiger partial charge in [-0.3, -0.25) is 0 Å². The number of hydrogen-bond acceptors (Lipinski definition) is 5. The molecular weight excluding hydrogens is 258 g/mol. The maximum Gasteiger partial charge on any atom is 0.138 e. The van der Waals surface area contributed by atoms with Crippen molar-refractivity contribution in [1.82, 2.24) is 9.97 Å². The summed E-state index contributed by atoms with van der Waals surface area (Å²) in [5.74, 6) is 1.82. The van der Waals surface area contributed by atoms with Crippen molar-refractivity contribution < 1.29 is 4.74 Å². The topological polar surface area (TPSA) is 47.0 Å². The van der Waals surface area contributed by atoms with Crippen LogP contribution in [0.1, 0.15) is 31.5 Å². The van der Waals surface area contributed by atoms with E-state index in [-0.39, 0.29) is 0 Å². The first kappa shape index (κ1) is 14.2. The van der Waals surface area contributed by atoms with Crippen molar-refractivity contribution in [3.63, 3.8) is 0 Å². The van der Waals surface area contributed by atoms with E-state index < -0.39 is 0 Å². The van der Waals surface area contributed by atoms with Crippen LogP contribution in [0.3, 0.4) is 0 Å². The lowest BCUT2D eigenvalue weighted by molar-refractivity contribution is 0.149. The zero-order valence-corrected chi connectivity index (χ0v) is 12.6. The van der Waals surface area contributed by atoms with E-state index in [2.05, 4.69) is 35.2 Å². The van der Waals surface area contributed by atoms with Crippen molar-refractivity contribution in [3.8, 4) is 0 Å². The van der Waals surface area contributed by atoms with Gasteiger partial charge in [0.2, 0.25) is 0 Å². The van der Waals surface area contributed by atoms with Crippen LogP contribution in [0.2, 0.25) is 0 Å². The second-order valence-electron chi connectivity index (χ2n) is 4.25. The molecule has 0 saturated heterocycles. The Hall–Kier alpha value is -1.20. The molecule has 0 fully saturated rings. The number of rotatable bonds is 7. The number of anilines is 1. The van der Waals surface area contributed by atoms with Crippen molar-refractivity contribution in [3.05, 3.63) is 16.8 Å². The van der Waals surface area contributed by atoms with Crippen molar-refractivity contribution in [1.29, 1.82) is 0 Å². The van der Waals surface area contributed by atoms with Gasteiger partial charge in [-0.15, -0.1) is 11.3 Å². The Labute approximate surface area is 118 Å². The Morgan fingerprint density at radius 2 is 2.11 bits per heavy atom. The number of nitrogens with one attached hydrogen (secondary N) is 1. The first-order chi connectivity index (χ1) is 9.28. The molecule has 0 saturated carbocycles. The zero-order chi connectivity index (χ0) is 13.7. The van der Waals surface area contributed by atoms with E-state index in [4.69, 9.17) is 4.74 Å². The van der Waals surface area contributed by atoms with E-state index in [1.807, 2.05) is 6.92 Å². The number of aryl methyl sites for hydroxylation is 1. The number of ether oxygens (including phenoxy) is 1. The molecule has 0 radical (unpaired) electrons. The smallest absolute Gasteiger partial charge is 0.138 e. The monoisotopic (exact) mass is 279 g/mol. The summed E-state index contributed by atoms with van der Waals surface area (Å²) >= 11 is 1.76. The maximum absolute atomic E-state index is 5.38. The highest BCUT2D eigenvalue weighted by molar-refractivity contribution is 7.18. The second kappa shape index (κ2) is 6.82. The van der Waals surface area contributed by atoms with Crippen molar-refractivity contribution in [2.24, 2.45) is 0 Å². The minimum Gasteiger partial charge on any atom is -0.381 e. The molecule has 0 amide bonds. The first-order valence-corrected chi connectivity index (χ1v) is 7.71. The van der Waals surface area contributed by atoms with Crippen LogP contribution < -0.4 is 5.32 Å². The standard InChI is InChI=1S/C14H21N3OS/c1-4-10-9-11-13(15-5-2)16-12(7-8-18-6-3)17-14(11)19-10/h9H,4-8H2,1-3H3,(H,15,16,17). The van der Waals surface area contributed by atoms with Crippen LogP contribution in [0, 0.1) is 0 Å². The Balaban J connectivity index is 2.32. The minimum absolute atomic E-state index is 0.680. The molecule has 0 aromatic carbocycles. The second-order valence-corrected chi connectivity index (χ2v) is 5.37. The average Bonchev–Trinajstić information content (AvgIpc) is 2.83. The predicted octanol–water partition coefficient (Wildman–Crippen LogP) is 3.26. The molecule has 5 heteroatoms. The molecule has 0 spiro atoms. The third-order valence-electron chi connectivity index (χ3n) is 2.86. The van der Waals surface area contributed by atoms with Gasteiger partial charge >= 0.3 is 0 Å². The SMILES string of the molecule is CCNc1nc(CCOCC)nc2sc(CC)cc12. The van der Waals surface area contributed by atoms with Gasteiger partial charge in [-0.2, -0.15) is 0 Å². The maximum atomic E-state index is 5.38. The fourth-order valence-corrected chi connectivity index (χ4v) is 2.90. The fourth-order valence-electron chi connectivity index (χ4n) is 1.91. The summed E-state index contributed by atoms with van der Waals surface area (Å²) in [5.41, 5.74) is 0. The van der Waals surface area contributed by atoms with Gasteiger partial charge in [0.15, 0.2) is 0 Å². The third kappa shape index (κ3) is 3.42. The lowest BCUT2D eigenvalue weighted by Crippen LogP contribution is -2.06. The number of hydrogen-bond donors (Lipinski definition) is 1. The summed E-state index contributed by atoms with van der Waals surface area (Å²) in [6.45, 7) is 8.54. The van der Waals surface area contributed by atoms with Gasteiger partial charge in [0, 0.05) is 24.4 Å². The molecule has 0 aliphatic rings. The van der Waals surface area contributed by atoms with Crippen LogP contribution >= 0.6 is 11.3 Å². The summed E-state index contributed by atoms with van der Waals surface area (Å²) in [5, 5.41) is 4.48. The van der Waals surface area contributed by atoms with Gasteiger partial charge in [0.05, 0.1) is 12.0 Å². The molecule has 0 atom stereocenters. The van der Waals surface area contributed by atoms with Crippen LogP contribution in [0.15, 0.2) is 6.07 Å². The van der Waals surface area contributed by atoms with E-state index in [0.29, 0.717) is 6.61 Å². The first-order valence-electron chi connectivity index (χ1n) is 6.89. The molecule has 2 heterocycles. The Morgan fingerprint density at radius 3 is 2.79 bits per heavy atom. The lowest BCUT2D eigenvalue weighted by atomic mass is 10.3. The summed E-state index contributed by atoms with van der Waals surface area (Å²) in [6, 6.07) is 2.20. The van der Waals surface area contributed by atoms with E-state index in [1.54, 1.807) is 11.3 Å². The van der Waals surface area contributed by atoms with Crippen molar-refractivity contribution >= 4 is 27.4 Å². The molecule has 0 bridgehead atoms. The molecule has 4 nitrogen and oxygen atoms in total. The van der Waals surface area contributed by atoms with Gasteiger partial charge in [-0.1, -0.05) is 6.92 Å². The van der Waals surface area contributed by atoms with Crippen molar-refractivity contribution in [2.45, 2.75) is 33.6 Å². The highest BCUT2D eigenvalue weighted by Gasteiger charge is 2.10. The van der Waals surface area contributed by atoms with Crippen molar-refractivity contribution in [2.75, 3.05) is 25.1 Å². The molecule has 1 N–H and O–H groups in total. The number of fused-ring (bicyclic) bond motifs is 1. The Kier molecular flexibility index (Phi) is 5.10. The molecule has 2 aromatic rings. The Morgan fingerprint density at radius 1 is 1.26 bits per heavy atom. The van der Waals surface area contributed by atoms with E-state index in [9.17, 15) is 0 Å². The van der Waals surface area contributed by atoms with E-state index in [1.165, 1.54) is 4.88 Å².